The van der Waals surface area contributed by atoms with E-state index in [1.807, 2.05) is 0 Å². The van der Waals surface area contributed by atoms with Crippen LogP contribution in [0.3, 0.4) is 0 Å². The molecule has 0 bridgehead atoms. The van der Waals surface area contributed by atoms with Crippen LogP contribution in [0.15, 0.2) is 18.2 Å². The molecule has 4 amide bonds. The first-order valence-electron chi connectivity index (χ1n) is 13.6. The fourth-order valence-corrected chi connectivity index (χ4v) is 3.42. The van der Waals surface area contributed by atoms with Gasteiger partial charge in [-0.25, -0.2) is 0 Å². The van der Waals surface area contributed by atoms with Crippen LogP contribution in [0.4, 0.5) is 5.69 Å². The number of ketones is 1. The normalized spacial score (nSPS) is 12.2. The van der Waals surface area contributed by atoms with Gasteiger partial charge in [0, 0.05) is 49.2 Å². The molecule has 0 aromatic heterocycles. The van der Waals surface area contributed by atoms with Crippen molar-refractivity contribution in [3.8, 4) is 0 Å². The third kappa shape index (κ3) is 13.4. The first kappa shape index (κ1) is 35.2. The van der Waals surface area contributed by atoms with Crippen molar-refractivity contribution in [2.45, 2.75) is 72.6 Å². The van der Waals surface area contributed by atoms with Gasteiger partial charge in [-0.3, -0.25) is 28.8 Å². The number of rotatable bonds is 18. The molecule has 0 saturated carbocycles. The number of hydrogen-bond donors (Lipinski definition) is 5. The summed E-state index contributed by atoms with van der Waals surface area (Å²) in [6.45, 7) is 8.78. The van der Waals surface area contributed by atoms with Crippen LogP contribution < -0.4 is 27.0 Å². The van der Waals surface area contributed by atoms with Crippen molar-refractivity contribution in [3.05, 3.63) is 29.3 Å². The van der Waals surface area contributed by atoms with Gasteiger partial charge in [0.25, 0.3) is 5.91 Å². The van der Waals surface area contributed by atoms with E-state index in [1.54, 1.807) is 32.9 Å². The van der Waals surface area contributed by atoms with Gasteiger partial charge < -0.3 is 36.5 Å². The number of amides is 4. The van der Waals surface area contributed by atoms with Gasteiger partial charge in [-0.1, -0.05) is 26.8 Å². The van der Waals surface area contributed by atoms with E-state index in [2.05, 4.69) is 21.3 Å². The topological polar surface area (TPSA) is 195 Å². The van der Waals surface area contributed by atoms with E-state index < -0.39 is 41.7 Å². The van der Waals surface area contributed by atoms with Crippen molar-refractivity contribution in [1.82, 2.24) is 16.0 Å². The molecule has 13 nitrogen and oxygen atoms in total. The van der Waals surface area contributed by atoms with Crippen molar-refractivity contribution >= 4 is 41.1 Å². The third-order valence-electron chi connectivity index (χ3n) is 5.82. The standard InChI is InChI=1S/C28H43N5O8/c1-6-24(36)41-16-20-7-8-21(15-22(20)27(38)30-12-11-29)32-26(37)19(5)31-28(39)25(17(2)3)33-23(35)10-14-40-13-9-18(4)34/h7-8,15,17,19,25H,6,9-14,16,29H2,1-5H3,(H,30,38)(H,31,39)(H,32,37)(H,33,35)/t19-,25-/m0/s1. The molecule has 1 aromatic carbocycles. The van der Waals surface area contributed by atoms with E-state index in [9.17, 15) is 28.8 Å². The Morgan fingerprint density at radius 3 is 2.24 bits per heavy atom. The lowest BCUT2D eigenvalue weighted by atomic mass is 10.0. The number of nitrogens with one attached hydrogen (secondary N) is 4. The number of ether oxygens (including phenoxy) is 2. The summed E-state index contributed by atoms with van der Waals surface area (Å²) in [6.07, 6.45) is 0.462. The highest BCUT2D eigenvalue weighted by molar-refractivity contribution is 6.01. The number of nitrogens with two attached hydrogens (primary N) is 1. The Bertz CT molecular complexity index is 1080. The Balaban J connectivity index is 2.83. The minimum Gasteiger partial charge on any atom is -0.461 e. The second kappa shape index (κ2) is 18.5. The third-order valence-corrected chi connectivity index (χ3v) is 5.82. The molecule has 41 heavy (non-hydrogen) atoms. The molecule has 0 spiro atoms. The van der Waals surface area contributed by atoms with Gasteiger partial charge in [-0.2, -0.15) is 0 Å². The molecule has 0 heterocycles. The molecule has 0 saturated heterocycles. The van der Waals surface area contributed by atoms with Gasteiger partial charge in [0.05, 0.1) is 13.2 Å². The molecule has 0 aliphatic heterocycles. The van der Waals surface area contributed by atoms with Crippen molar-refractivity contribution < 1.29 is 38.2 Å². The number of esters is 1. The maximum Gasteiger partial charge on any atom is 0.305 e. The van der Waals surface area contributed by atoms with Crippen LogP contribution >= 0.6 is 0 Å². The lowest BCUT2D eigenvalue weighted by Gasteiger charge is -2.24. The van der Waals surface area contributed by atoms with Gasteiger partial charge in [0.1, 0.15) is 24.5 Å². The molecule has 0 aliphatic rings. The second-order valence-corrected chi connectivity index (χ2v) is 9.75. The van der Waals surface area contributed by atoms with Crippen LogP contribution in [0, 0.1) is 5.92 Å². The Morgan fingerprint density at radius 2 is 1.63 bits per heavy atom. The van der Waals surface area contributed by atoms with Crippen LogP contribution in [-0.2, 0) is 40.1 Å². The number of anilines is 1. The smallest absolute Gasteiger partial charge is 0.305 e. The highest BCUT2D eigenvalue weighted by atomic mass is 16.5. The molecular formula is C28H43N5O8. The largest absolute Gasteiger partial charge is 0.461 e. The van der Waals surface area contributed by atoms with E-state index in [4.69, 9.17) is 15.2 Å². The van der Waals surface area contributed by atoms with Crippen LogP contribution in [0.5, 0.6) is 0 Å². The molecule has 0 radical (unpaired) electrons. The van der Waals surface area contributed by atoms with Crippen LogP contribution in [-0.4, -0.2) is 73.8 Å². The fraction of sp³-hybridized carbons (Fsp3) is 0.571. The van der Waals surface area contributed by atoms with E-state index >= 15 is 0 Å². The summed E-state index contributed by atoms with van der Waals surface area (Å²) in [5.74, 6) is -2.64. The summed E-state index contributed by atoms with van der Waals surface area (Å²) in [4.78, 5) is 73.3. The molecule has 1 rings (SSSR count). The van der Waals surface area contributed by atoms with Crippen LogP contribution in [0.1, 0.15) is 69.8 Å². The van der Waals surface area contributed by atoms with Gasteiger partial charge in [0.15, 0.2) is 0 Å². The summed E-state index contributed by atoms with van der Waals surface area (Å²) in [7, 11) is 0. The Morgan fingerprint density at radius 1 is 0.951 bits per heavy atom. The Hall–Kier alpha value is -3.84. The average Bonchev–Trinajstić information content (AvgIpc) is 2.92. The van der Waals surface area contributed by atoms with Crippen molar-refractivity contribution in [2.24, 2.45) is 11.7 Å². The maximum atomic E-state index is 12.9. The van der Waals surface area contributed by atoms with Gasteiger partial charge in [-0.15, -0.1) is 0 Å². The van der Waals surface area contributed by atoms with Crippen molar-refractivity contribution in [1.29, 1.82) is 0 Å². The molecule has 6 N–H and O–H groups in total. The van der Waals surface area contributed by atoms with Gasteiger partial charge in [0.2, 0.25) is 17.7 Å². The molecule has 0 unspecified atom stereocenters. The van der Waals surface area contributed by atoms with Gasteiger partial charge in [-0.05, 0) is 31.9 Å². The Labute approximate surface area is 240 Å². The van der Waals surface area contributed by atoms with Crippen LogP contribution in [0.25, 0.3) is 0 Å². The molecule has 228 valence electrons. The predicted molar refractivity (Wildman–Crippen MR) is 152 cm³/mol. The maximum absolute atomic E-state index is 12.9. The zero-order valence-electron chi connectivity index (χ0n) is 24.5. The monoisotopic (exact) mass is 577 g/mol. The van der Waals surface area contributed by atoms with Crippen LogP contribution in [0.2, 0.25) is 0 Å². The lowest BCUT2D eigenvalue weighted by Crippen LogP contribution is -2.53. The summed E-state index contributed by atoms with van der Waals surface area (Å²) >= 11 is 0. The zero-order chi connectivity index (χ0) is 30.9. The van der Waals surface area contributed by atoms with E-state index in [0.717, 1.165) is 0 Å². The molecule has 0 fully saturated rings. The highest BCUT2D eigenvalue weighted by Gasteiger charge is 2.27. The van der Waals surface area contributed by atoms with Gasteiger partial charge >= 0.3 is 5.97 Å². The number of hydrogen-bond acceptors (Lipinski definition) is 9. The van der Waals surface area contributed by atoms with Crippen molar-refractivity contribution in [2.75, 3.05) is 31.6 Å². The average molecular weight is 578 g/mol. The number of Topliss-reactive ketones (excluding diaryl/α,β-unsaturated/α-hetero) is 1. The number of carbonyl (C=O) groups is 6. The molecular weight excluding hydrogens is 534 g/mol. The summed E-state index contributed by atoms with van der Waals surface area (Å²) in [6, 6.07) is 2.70. The van der Waals surface area contributed by atoms with E-state index in [-0.39, 0.29) is 75.1 Å². The fourth-order valence-electron chi connectivity index (χ4n) is 3.42. The molecule has 13 heteroatoms. The quantitative estimate of drug-likeness (QED) is 0.124. The number of carbonyl (C=O) groups excluding carboxylic acids is 6. The molecule has 2 atom stereocenters. The summed E-state index contributed by atoms with van der Waals surface area (Å²) in [5, 5.41) is 10.6. The zero-order valence-corrected chi connectivity index (χ0v) is 24.5. The summed E-state index contributed by atoms with van der Waals surface area (Å²) in [5.41, 5.74) is 6.40. The lowest BCUT2D eigenvalue weighted by molar-refractivity contribution is -0.144. The SMILES string of the molecule is CCC(=O)OCc1ccc(NC(=O)[C@H](C)NC(=O)[C@@H](NC(=O)CCOCCC(C)=O)C(C)C)cc1C(=O)NCCN. The highest BCUT2D eigenvalue weighted by Crippen LogP contribution is 2.18. The minimum absolute atomic E-state index is 0.00989. The van der Waals surface area contributed by atoms with Crippen molar-refractivity contribution in [3.63, 3.8) is 0 Å². The Kier molecular flexibility index (Phi) is 15.9. The number of benzene rings is 1. The molecule has 1 aromatic rings. The second-order valence-electron chi connectivity index (χ2n) is 9.75. The summed E-state index contributed by atoms with van der Waals surface area (Å²) < 4.78 is 10.4. The predicted octanol–water partition coefficient (Wildman–Crippen LogP) is 0.798. The first-order chi connectivity index (χ1) is 19.4. The van der Waals surface area contributed by atoms with E-state index in [0.29, 0.717) is 5.56 Å². The minimum atomic E-state index is -0.977. The van der Waals surface area contributed by atoms with E-state index in [1.165, 1.54) is 19.9 Å². The first-order valence-corrected chi connectivity index (χ1v) is 13.6. The molecule has 0 aliphatic carbocycles.